The van der Waals surface area contributed by atoms with E-state index < -0.39 is 0 Å². The third-order valence-electron chi connectivity index (χ3n) is 4.32. The van der Waals surface area contributed by atoms with E-state index in [9.17, 15) is 4.79 Å². The summed E-state index contributed by atoms with van der Waals surface area (Å²) in [6.45, 7) is 1.34. The fraction of sp³-hybridized carbons (Fsp3) is 0.200. The zero-order valence-electron chi connectivity index (χ0n) is 14.5. The molecule has 3 aromatic rings. The number of nitrogens with one attached hydrogen (secondary N) is 1. The quantitative estimate of drug-likeness (QED) is 0.709. The number of benzene rings is 2. The highest BCUT2D eigenvalue weighted by atomic mass is 35.5. The van der Waals surface area contributed by atoms with Crippen molar-refractivity contribution in [2.75, 3.05) is 13.3 Å². The Hall–Kier alpha value is -2.99. The average molecular weight is 384 g/mol. The van der Waals surface area contributed by atoms with Gasteiger partial charge in [-0.1, -0.05) is 41.9 Å². The molecule has 27 heavy (non-hydrogen) atoms. The van der Waals surface area contributed by atoms with Crippen molar-refractivity contribution in [2.45, 2.75) is 13.0 Å². The van der Waals surface area contributed by atoms with Crippen molar-refractivity contribution >= 4 is 17.5 Å². The topological polar surface area (TPSA) is 65.4 Å². The molecule has 1 N–H and O–H groups in total. The largest absolute Gasteiger partial charge is 0.454 e. The van der Waals surface area contributed by atoms with E-state index in [0.29, 0.717) is 35.1 Å². The minimum absolute atomic E-state index is 0.115. The number of aromatic nitrogens is 2. The highest BCUT2D eigenvalue weighted by Crippen LogP contribution is 2.39. The first-order chi connectivity index (χ1) is 13.2. The Morgan fingerprint density at radius 3 is 2.93 bits per heavy atom. The summed E-state index contributed by atoms with van der Waals surface area (Å²) in [5.74, 6) is 1.68. The van der Waals surface area contributed by atoms with Crippen LogP contribution in [-0.4, -0.2) is 28.8 Å². The molecule has 0 atom stereocenters. The minimum atomic E-state index is -0.212. The van der Waals surface area contributed by atoms with E-state index in [0.717, 1.165) is 12.4 Å². The number of nitrogens with zero attached hydrogens (tertiary/aromatic N) is 2. The lowest BCUT2D eigenvalue weighted by Crippen LogP contribution is -2.26. The molecule has 138 valence electrons. The first-order valence-corrected chi connectivity index (χ1v) is 9.00. The van der Waals surface area contributed by atoms with Gasteiger partial charge in [0, 0.05) is 37.5 Å². The zero-order chi connectivity index (χ0) is 18.6. The highest BCUT2D eigenvalue weighted by molar-refractivity contribution is 6.32. The standard InChI is InChI=1S/C20H18ClN3O3/c21-16-10-15(11-17-19(16)27-13-26-17)20(25)23-7-6-18-22-8-9-24(18)12-14-4-2-1-3-5-14/h1-5,8-11H,6-7,12-13H2,(H,23,25). The molecule has 0 spiro atoms. The molecule has 0 radical (unpaired) electrons. The summed E-state index contributed by atoms with van der Waals surface area (Å²) in [6.07, 6.45) is 4.35. The van der Waals surface area contributed by atoms with Crippen molar-refractivity contribution in [2.24, 2.45) is 0 Å². The molecule has 1 aromatic heterocycles. The second-order valence-corrected chi connectivity index (χ2v) is 6.56. The van der Waals surface area contributed by atoms with Crippen LogP contribution in [0.4, 0.5) is 0 Å². The number of carbonyl (C=O) groups excluding carboxylic acids is 1. The SMILES string of the molecule is O=C(NCCc1nccn1Cc1ccccc1)c1cc(Cl)c2c(c1)OCO2. The van der Waals surface area contributed by atoms with Crippen LogP contribution in [0.25, 0.3) is 0 Å². The Morgan fingerprint density at radius 1 is 1.22 bits per heavy atom. The van der Waals surface area contributed by atoms with Crippen molar-refractivity contribution in [1.29, 1.82) is 0 Å². The molecule has 0 fully saturated rings. The van der Waals surface area contributed by atoms with Gasteiger partial charge < -0.3 is 19.4 Å². The number of hydrogen-bond donors (Lipinski definition) is 1. The Labute approximate surface area is 161 Å². The van der Waals surface area contributed by atoms with Gasteiger partial charge in [0.15, 0.2) is 11.5 Å². The van der Waals surface area contributed by atoms with Gasteiger partial charge in [-0.3, -0.25) is 4.79 Å². The zero-order valence-corrected chi connectivity index (χ0v) is 15.3. The smallest absolute Gasteiger partial charge is 0.251 e. The van der Waals surface area contributed by atoms with Gasteiger partial charge in [-0.25, -0.2) is 4.98 Å². The molecule has 7 heteroatoms. The molecule has 0 unspecified atom stereocenters. The Bertz CT molecular complexity index is 956. The lowest BCUT2D eigenvalue weighted by atomic mass is 10.2. The summed E-state index contributed by atoms with van der Waals surface area (Å²) in [7, 11) is 0. The molecule has 1 amide bonds. The molecule has 2 heterocycles. The summed E-state index contributed by atoms with van der Waals surface area (Å²) in [5, 5.41) is 3.27. The third-order valence-corrected chi connectivity index (χ3v) is 4.60. The molecule has 0 bridgehead atoms. The molecule has 4 rings (SSSR count). The number of imidazole rings is 1. The van der Waals surface area contributed by atoms with E-state index >= 15 is 0 Å². The van der Waals surface area contributed by atoms with Gasteiger partial charge in [0.25, 0.3) is 5.91 Å². The van der Waals surface area contributed by atoms with Crippen molar-refractivity contribution in [3.63, 3.8) is 0 Å². The van der Waals surface area contributed by atoms with E-state index in [1.165, 1.54) is 5.56 Å². The maximum Gasteiger partial charge on any atom is 0.251 e. The van der Waals surface area contributed by atoms with Gasteiger partial charge >= 0.3 is 0 Å². The minimum Gasteiger partial charge on any atom is -0.454 e. The second-order valence-electron chi connectivity index (χ2n) is 6.15. The van der Waals surface area contributed by atoms with Gasteiger partial charge in [0.2, 0.25) is 6.79 Å². The number of halogens is 1. The summed E-state index contributed by atoms with van der Waals surface area (Å²) >= 11 is 6.13. The number of carbonyl (C=O) groups is 1. The summed E-state index contributed by atoms with van der Waals surface area (Å²) in [5.41, 5.74) is 1.65. The van der Waals surface area contributed by atoms with Crippen molar-refractivity contribution in [1.82, 2.24) is 14.9 Å². The lowest BCUT2D eigenvalue weighted by molar-refractivity contribution is 0.0953. The van der Waals surface area contributed by atoms with Crippen LogP contribution < -0.4 is 14.8 Å². The number of rotatable bonds is 6. The summed E-state index contributed by atoms with van der Waals surface area (Å²) < 4.78 is 12.6. The molecule has 0 saturated heterocycles. The van der Waals surface area contributed by atoms with Crippen LogP contribution >= 0.6 is 11.6 Å². The van der Waals surface area contributed by atoms with Gasteiger partial charge in [-0.15, -0.1) is 0 Å². The Kier molecular flexibility index (Phi) is 4.98. The summed E-state index contributed by atoms with van der Waals surface area (Å²) in [6, 6.07) is 13.4. The normalized spacial score (nSPS) is 12.2. The fourth-order valence-corrected chi connectivity index (χ4v) is 3.25. The molecular weight excluding hydrogens is 366 g/mol. The van der Waals surface area contributed by atoms with Crippen molar-refractivity contribution in [3.05, 3.63) is 76.8 Å². The van der Waals surface area contributed by atoms with Crippen molar-refractivity contribution < 1.29 is 14.3 Å². The van der Waals surface area contributed by atoms with Gasteiger partial charge in [-0.05, 0) is 17.7 Å². The first kappa shape index (κ1) is 17.4. The lowest BCUT2D eigenvalue weighted by Gasteiger charge is -2.09. The predicted molar refractivity (Wildman–Crippen MR) is 101 cm³/mol. The Balaban J connectivity index is 1.36. The number of amides is 1. The summed E-state index contributed by atoms with van der Waals surface area (Å²) in [4.78, 5) is 16.8. The molecule has 2 aromatic carbocycles. The second kappa shape index (κ2) is 7.72. The van der Waals surface area contributed by atoms with E-state index in [2.05, 4.69) is 27.0 Å². The van der Waals surface area contributed by atoms with Gasteiger partial charge in [0.1, 0.15) is 5.82 Å². The third kappa shape index (κ3) is 3.90. The number of ether oxygens (including phenoxy) is 2. The van der Waals surface area contributed by atoms with Gasteiger partial charge in [0.05, 0.1) is 5.02 Å². The number of hydrogen-bond acceptors (Lipinski definition) is 4. The highest BCUT2D eigenvalue weighted by Gasteiger charge is 2.20. The molecule has 1 aliphatic heterocycles. The van der Waals surface area contributed by atoms with Crippen molar-refractivity contribution in [3.8, 4) is 11.5 Å². The van der Waals surface area contributed by atoms with E-state index in [1.807, 2.05) is 24.4 Å². The fourth-order valence-electron chi connectivity index (χ4n) is 2.98. The van der Waals surface area contributed by atoms with Crippen LogP contribution in [0.1, 0.15) is 21.7 Å². The van der Waals surface area contributed by atoms with Crippen LogP contribution in [-0.2, 0) is 13.0 Å². The van der Waals surface area contributed by atoms with Crippen LogP contribution in [0.3, 0.4) is 0 Å². The van der Waals surface area contributed by atoms with E-state index in [-0.39, 0.29) is 12.7 Å². The average Bonchev–Trinajstić information content (AvgIpc) is 3.32. The van der Waals surface area contributed by atoms with E-state index in [4.69, 9.17) is 21.1 Å². The molecule has 0 saturated carbocycles. The number of fused-ring (bicyclic) bond motifs is 1. The molecular formula is C20H18ClN3O3. The maximum atomic E-state index is 12.4. The first-order valence-electron chi connectivity index (χ1n) is 8.62. The van der Waals surface area contributed by atoms with Crippen LogP contribution in [0.2, 0.25) is 5.02 Å². The van der Waals surface area contributed by atoms with Crippen LogP contribution in [0.5, 0.6) is 11.5 Å². The molecule has 0 aliphatic carbocycles. The van der Waals surface area contributed by atoms with E-state index in [1.54, 1.807) is 18.3 Å². The molecule has 6 nitrogen and oxygen atoms in total. The predicted octanol–water partition coefficient (Wildman–Crippen LogP) is 3.29. The maximum absolute atomic E-state index is 12.4. The molecule has 1 aliphatic rings. The Morgan fingerprint density at radius 2 is 2.07 bits per heavy atom. The van der Waals surface area contributed by atoms with Crippen LogP contribution in [0.15, 0.2) is 54.9 Å². The van der Waals surface area contributed by atoms with Crippen LogP contribution in [0, 0.1) is 0 Å². The van der Waals surface area contributed by atoms with Gasteiger partial charge in [-0.2, -0.15) is 0 Å². The monoisotopic (exact) mass is 383 g/mol.